The van der Waals surface area contributed by atoms with Gasteiger partial charge in [-0.15, -0.1) is 5.10 Å². The molecule has 1 aromatic rings. The van der Waals surface area contributed by atoms with E-state index in [1.807, 2.05) is 13.2 Å². The number of carboxylic acid groups (broad SMARTS) is 1. The van der Waals surface area contributed by atoms with Gasteiger partial charge in [0.1, 0.15) is 0 Å². The summed E-state index contributed by atoms with van der Waals surface area (Å²) in [5, 5.41) is 17.1. The average molecular weight is 236 g/mol. The van der Waals surface area contributed by atoms with Crippen molar-refractivity contribution in [3.05, 3.63) is 11.9 Å². The van der Waals surface area contributed by atoms with Crippen LogP contribution < -0.4 is 0 Å². The highest BCUT2D eigenvalue weighted by molar-refractivity contribution is 5.71. The molecule has 17 heavy (non-hydrogen) atoms. The van der Waals surface area contributed by atoms with Gasteiger partial charge in [-0.25, -0.2) is 0 Å². The second kappa shape index (κ2) is 3.80. The molecule has 2 saturated heterocycles. The van der Waals surface area contributed by atoms with Crippen molar-refractivity contribution < 1.29 is 9.90 Å². The number of aliphatic carboxylic acids is 1. The molecule has 0 saturated carbocycles. The lowest BCUT2D eigenvalue weighted by Crippen LogP contribution is -2.32. The standard InChI is InChI=1S/C11H16N4O2/c1-14-5-7(12-13-14)6-15-8-2-3-10(15)9(4-8)11(16)17/h5,8-10H,2-4,6H2,1H3,(H,16,17). The molecule has 2 bridgehead atoms. The van der Waals surface area contributed by atoms with Crippen LogP contribution in [0.3, 0.4) is 0 Å². The Labute approximate surface area is 99.2 Å². The van der Waals surface area contributed by atoms with E-state index >= 15 is 0 Å². The van der Waals surface area contributed by atoms with Crippen molar-refractivity contribution in [3.63, 3.8) is 0 Å². The van der Waals surface area contributed by atoms with Crippen LogP contribution in [0.5, 0.6) is 0 Å². The molecule has 2 aliphatic heterocycles. The van der Waals surface area contributed by atoms with Crippen molar-refractivity contribution in [1.82, 2.24) is 19.9 Å². The van der Waals surface area contributed by atoms with Gasteiger partial charge in [0.15, 0.2) is 0 Å². The molecular formula is C11H16N4O2. The Bertz CT molecular complexity index is 444. The van der Waals surface area contributed by atoms with E-state index < -0.39 is 5.97 Å². The molecule has 2 aliphatic rings. The number of carbonyl (C=O) groups is 1. The lowest BCUT2D eigenvalue weighted by Gasteiger charge is -2.21. The van der Waals surface area contributed by atoms with Crippen LogP contribution in [0.1, 0.15) is 25.0 Å². The number of aryl methyl sites for hydroxylation is 1. The molecule has 0 amide bonds. The van der Waals surface area contributed by atoms with Crippen LogP contribution in [-0.4, -0.2) is 43.1 Å². The van der Waals surface area contributed by atoms with Gasteiger partial charge in [-0.05, 0) is 19.3 Å². The van der Waals surface area contributed by atoms with E-state index in [9.17, 15) is 4.79 Å². The predicted octanol–water partition coefficient (Wildman–Crippen LogP) is 0.253. The minimum absolute atomic E-state index is 0.189. The van der Waals surface area contributed by atoms with Gasteiger partial charge in [0.2, 0.25) is 0 Å². The van der Waals surface area contributed by atoms with Gasteiger partial charge in [-0.1, -0.05) is 5.21 Å². The first kappa shape index (κ1) is 10.7. The van der Waals surface area contributed by atoms with Gasteiger partial charge in [0, 0.05) is 31.9 Å². The largest absolute Gasteiger partial charge is 0.481 e. The summed E-state index contributed by atoms with van der Waals surface area (Å²) in [5.74, 6) is -0.841. The monoisotopic (exact) mass is 236 g/mol. The van der Waals surface area contributed by atoms with E-state index in [-0.39, 0.29) is 12.0 Å². The molecule has 0 aliphatic carbocycles. The van der Waals surface area contributed by atoms with Gasteiger partial charge < -0.3 is 5.11 Å². The number of fused-ring (bicyclic) bond motifs is 2. The highest BCUT2D eigenvalue weighted by atomic mass is 16.4. The zero-order valence-electron chi connectivity index (χ0n) is 9.78. The Morgan fingerprint density at radius 1 is 1.59 bits per heavy atom. The second-order valence-corrected chi connectivity index (χ2v) is 5.03. The second-order valence-electron chi connectivity index (χ2n) is 5.03. The van der Waals surface area contributed by atoms with E-state index in [1.165, 1.54) is 0 Å². The normalized spacial score (nSPS) is 32.2. The molecule has 3 heterocycles. The summed E-state index contributed by atoms with van der Waals surface area (Å²) < 4.78 is 1.68. The van der Waals surface area contributed by atoms with Crippen molar-refractivity contribution in [3.8, 4) is 0 Å². The maximum absolute atomic E-state index is 11.1. The maximum Gasteiger partial charge on any atom is 0.308 e. The maximum atomic E-state index is 11.1. The lowest BCUT2D eigenvalue weighted by atomic mass is 9.89. The van der Waals surface area contributed by atoms with Crippen LogP contribution in [0.15, 0.2) is 6.20 Å². The van der Waals surface area contributed by atoms with Crippen LogP contribution in [0, 0.1) is 5.92 Å². The molecule has 3 unspecified atom stereocenters. The van der Waals surface area contributed by atoms with E-state index in [2.05, 4.69) is 15.2 Å². The van der Waals surface area contributed by atoms with E-state index in [4.69, 9.17) is 5.11 Å². The van der Waals surface area contributed by atoms with Gasteiger partial charge in [-0.3, -0.25) is 14.4 Å². The van der Waals surface area contributed by atoms with Crippen LogP contribution >= 0.6 is 0 Å². The molecule has 1 aromatic heterocycles. The third-order valence-electron chi connectivity index (χ3n) is 3.99. The Morgan fingerprint density at radius 3 is 3.00 bits per heavy atom. The SMILES string of the molecule is Cn1cc(CN2C3CCC2C(C(=O)O)C3)nn1. The minimum atomic E-state index is -0.652. The lowest BCUT2D eigenvalue weighted by molar-refractivity contribution is -0.142. The third-order valence-corrected chi connectivity index (χ3v) is 3.99. The molecule has 6 heteroatoms. The van der Waals surface area contributed by atoms with Crippen molar-refractivity contribution in [2.75, 3.05) is 0 Å². The van der Waals surface area contributed by atoms with Crippen LogP contribution in [0.2, 0.25) is 0 Å². The summed E-state index contributed by atoms with van der Waals surface area (Å²) in [4.78, 5) is 13.4. The third kappa shape index (κ3) is 1.72. The van der Waals surface area contributed by atoms with Gasteiger partial charge >= 0.3 is 5.97 Å². The molecule has 0 spiro atoms. The fraction of sp³-hybridized carbons (Fsp3) is 0.727. The zero-order valence-corrected chi connectivity index (χ0v) is 9.78. The summed E-state index contributed by atoms with van der Waals surface area (Å²) in [5.41, 5.74) is 0.926. The minimum Gasteiger partial charge on any atom is -0.481 e. The highest BCUT2D eigenvalue weighted by Crippen LogP contribution is 2.42. The Balaban J connectivity index is 1.75. The van der Waals surface area contributed by atoms with Gasteiger partial charge in [-0.2, -0.15) is 0 Å². The predicted molar refractivity (Wildman–Crippen MR) is 59.1 cm³/mol. The smallest absolute Gasteiger partial charge is 0.308 e. The van der Waals surface area contributed by atoms with Crippen molar-refractivity contribution in [2.45, 2.75) is 37.9 Å². The molecule has 3 rings (SSSR count). The first-order valence-corrected chi connectivity index (χ1v) is 5.99. The molecule has 2 fully saturated rings. The van der Waals surface area contributed by atoms with E-state index in [0.717, 1.165) is 31.5 Å². The average Bonchev–Trinajstić information content (AvgIpc) is 2.95. The summed E-state index contributed by atoms with van der Waals surface area (Å²) >= 11 is 0. The number of carboxylic acids is 1. The molecule has 1 N–H and O–H groups in total. The number of hydrogen-bond acceptors (Lipinski definition) is 4. The zero-order chi connectivity index (χ0) is 12.0. The van der Waals surface area contributed by atoms with Crippen LogP contribution in [0.4, 0.5) is 0 Å². The van der Waals surface area contributed by atoms with E-state index in [0.29, 0.717) is 6.04 Å². The van der Waals surface area contributed by atoms with E-state index in [1.54, 1.807) is 4.68 Å². The van der Waals surface area contributed by atoms with Crippen LogP contribution in [0.25, 0.3) is 0 Å². The number of hydrogen-bond donors (Lipinski definition) is 1. The number of aromatic nitrogens is 3. The van der Waals surface area contributed by atoms with Crippen molar-refractivity contribution in [2.24, 2.45) is 13.0 Å². The molecular weight excluding hydrogens is 220 g/mol. The van der Waals surface area contributed by atoms with Crippen LogP contribution in [-0.2, 0) is 18.4 Å². The Morgan fingerprint density at radius 2 is 2.41 bits per heavy atom. The van der Waals surface area contributed by atoms with Crippen molar-refractivity contribution >= 4 is 5.97 Å². The first-order chi connectivity index (χ1) is 8.15. The van der Waals surface area contributed by atoms with Gasteiger partial charge in [0.05, 0.1) is 11.6 Å². The number of rotatable bonds is 3. The topological polar surface area (TPSA) is 71.2 Å². The first-order valence-electron chi connectivity index (χ1n) is 5.99. The fourth-order valence-corrected chi connectivity index (χ4v) is 3.27. The molecule has 0 radical (unpaired) electrons. The van der Waals surface area contributed by atoms with Crippen molar-refractivity contribution in [1.29, 1.82) is 0 Å². The molecule has 6 nitrogen and oxygen atoms in total. The molecule has 0 aromatic carbocycles. The fourth-order valence-electron chi connectivity index (χ4n) is 3.27. The summed E-state index contributed by atoms with van der Waals surface area (Å²) in [6.45, 7) is 0.729. The summed E-state index contributed by atoms with van der Waals surface area (Å²) in [7, 11) is 1.84. The Kier molecular flexibility index (Phi) is 2.39. The molecule has 92 valence electrons. The quantitative estimate of drug-likeness (QED) is 0.814. The summed E-state index contributed by atoms with van der Waals surface area (Å²) in [6, 6.07) is 0.614. The number of nitrogens with zero attached hydrogens (tertiary/aromatic N) is 4. The van der Waals surface area contributed by atoms with Gasteiger partial charge in [0.25, 0.3) is 0 Å². The summed E-state index contributed by atoms with van der Waals surface area (Å²) in [6.07, 6.45) is 4.81. The highest BCUT2D eigenvalue weighted by Gasteiger charge is 2.49. The molecule has 3 atom stereocenters. The Hall–Kier alpha value is -1.43.